The predicted octanol–water partition coefficient (Wildman–Crippen LogP) is -0.161. The Morgan fingerprint density at radius 2 is 1.33 bits per heavy atom. The van der Waals surface area contributed by atoms with Gasteiger partial charge >= 0.3 is 34.1 Å². The van der Waals surface area contributed by atoms with Crippen LogP contribution in [0.4, 0.5) is 0 Å². The standard InChI is InChI=1S/C4H8N2S4.CHNS.2Cu/c7-3(8)5-1-2-6-4(9)10;2-1-3;;/h1-2H2,(H2,5,7,8)(H2,6,9,10);3H;;/q;;+1;+2/p-3. The second-order valence-corrected chi connectivity index (χ2v) is 3.85. The van der Waals surface area contributed by atoms with Gasteiger partial charge in [-0.2, -0.15) is 0 Å². The first-order valence-electron chi connectivity index (χ1n) is 2.95. The maximum atomic E-state index is 7.13. The molecule has 0 amide bonds. The first-order valence-corrected chi connectivity index (χ1v) is 4.99. The Bertz CT molecular complexity index is 191. The molecule has 2 N–H and O–H groups in total. The number of nitrogens with zero attached hydrogens (tertiary/aromatic N) is 1. The molecule has 0 bridgehead atoms. The Morgan fingerprint density at radius 3 is 1.47 bits per heavy atom. The molecule has 0 fully saturated rings. The Morgan fingerprint density at radius 1 is 1.13 bits per heavy atom. The number of nitriles is 1. The molecule has 10 heteroatoms. The summed E-state index contributed by atoms with van der Waals surface area (Å²) in [5.74, 6) is 0. The summed E-state index contributed by atoms with van der Waals surface area (Å²) < 4.78 is 0.745. The summed E-state index contributed by atoms with van der Waals surface area (Å²) in [5.41, 5.74) is 0. The number of rotatable bonds is 3. The molecule has 0 heterocycles. The molecule has 0 aromatic rings. The summed E-state index contributed by atoms with van der Waals surface area (Å²) in [7, 11) is 0. The molecule has 0 aliphatic carbocycles. The van der Waals surface area contributed by atoms with Gasteiger partial charge < -0.3 is 73.0 Å². The second kappa shape index (κ2) is 20.4. The van der Waals surface area contributed by atoms with E-state index >= 15 is 0 Å². The molecule has 15 heavy (non-hydrogen) atoms. The molecule has 0 unspecified atom stereocenters. The van der Waals surface area contributed by atoms with Crippen molar-refractivity contribution in [2.75, 3.05) is 13.1 Å². The van der Waals surface area contributed by atoms with Gasteiger partial charge in [-0.05, 0) is 0 Å². The first-order chi connectivity index (χ1) is 6.04. The van der Waals surface area contributed by atoms with Gasteiger partial charge in [0.2, 0.25) is 0 Å². The third-order valence-electron chi connectivity index (χ3n) is 0.664. The Balaban J connectivity index is -0.000000108. The van der Waals surface area contributed by atoms with Crippen LogP contribution in [0, 0.1) is 10.7 Å². The van der Waals surface area contributed by atoms with Crippen LogP contribution in [0.15, 0.2) is 0 Å². The molecule has 0 aromatic carbocycles. The molecular formula is C5H6Cu2N3S5. The topological polar surface area (TPSA) is 47.9 Å². The normalized spacial score (nSPS) is 6.07. The van der Waals surface area contributed by atoms with Crippen molar-refractivity contribution in [1.29, 1.82) is 5.26 Å². The SMILES string of the molecule is N#C[S-].S=C([S-])NCCNC(=S)[S-].[Cu+2].[Cu+]. The average molecular weight is 396 g/mol. The van der Waals surface area contributed by atoms with Gasteiger partial charge in [0, 0.05) is 13.1 Å². The van der Waals surface area contributed by atoms with Gasteiger partial charge in [-0.25, -0.2) is 5.26 Å². The van der Waals surface area contributed by atoms with Crippen molar-refractivity contribution in [3.05, 3.63) is 0 Å². The monoisotopic (exact) mass is 394 g/mol. The summed E-state index contributed by atoms with van der Waals surface area (Å²) in [5, 5.41) is 14.0. The van der Waals surface area contributed by atoms with E-state index in [1.807, 2.05) is 0 Å². The molecule has 0 atom stereocenters. The van der Waals surface area contributed by atoms with Crippen molar-refractivity contribution in [3.63, 3.8) is 0 Å². The summed E-state index contributed by atoms with van der Waals surface area (Å²) in [6.07, 6.45) is 0. The number of nitrogens with one attached hydrogen (secondary N) is 2. The predicted molar refractivity (Wildman–Crippen MR) is 68.9 cm³/mol. The van der Waals surface area contributed by atoms with Gasteiger partial charge in [0.05, 0.1) is 0 Å². The quantitative estimate of drug-likeness (QED) is 0.225. The van der Waals surface area contributed by atoms with Crippen LogP contribution in [0.2, 0.25) is 0 Å². The number of thiocarbonyl (C=S) groups is 2. The summed E-state index contributed by atoms with van der Waals surface area (Å²) in [4.78, 5) is 0. The van der Waals surface area contributed by atoms with Gasteiger partial charge in [-0.3, -0.25) is 0 Å². The number of hydrogen-bond acceptors (Lipinski definition) is 6. The third kappa shape index (κ3) is 39.6. The van der Waals surface area contributed by atoms with Crippen LogP contribution in [0.3, 0.4) is 0 Å². The van der Waals surface area contributed by atoms with Gasteiger partial charge in [0.25, 0.3) is 0 Å². The van der Waals surface area contributed by atoms with Crippen molar-refractivity contribution in [2.24, 2.45) is 0 Å². The molecule has 0 spiro atoms. The van der Waals surface area contributed by atoms with E-state index in [0.29, 0.717) is 21.7 Å². The molecule has 0 aliphatic rings. The van der Waals surface area contributed by atoms with E-state index in [1.54, 1.807) is 0 Å². The zero-order valence-corrected chi connectivity index (χ0v) is 13.0. The largest absolute Gasteiger partial charge is 2.00 e. The van der Waals surface area contributed by atoms with Crippen LogP contribution in [-0.2, 0) is 72.0 Å². The van der Waals surface area contributed by atoms with E-state index < -0.39 is 0 Å². The zero-order chi connectivity index (χ0) is 10.7. The third-order valence-corrected chi connectivity index (χ3v) is 1.24. The fourth-order valence-electron chi connectivity index (χ4n) is 0.329. The Kier molecular flexibility index (Phi) is 34.0. The molecule has 0 saturated carbocycles. The maximum absolute atomic E-state index is 7.13. The molecule has 1 radical (unpaired) electrons. The summed E-state index contributed by atoms with van der Waals surface area (Å²) in [6.45, 7) is 1.33. The molecule has 0 aliphatic heterocycles. The minimum Gasteiger partial charge on any atom is -0.696 e. The van der Waals surface area contributed by atoms with Crippen molar-refractivity contribution < 1.29 is 34.1 Å². The van der Waals surface area contributed by atoms with E-state index in [1.165, 1.54) is 5.40 Å². The van der Waals surface area contributed by atoms with E-state index in [9.17, 15) is 0 Å². The molecule has 0 saturated heterocycles. The summed E-state index contributed by atoms with van der Waals surface area (Å²) >= 11 is 22.1. The van der Waals surface area contributed by atoms with Crippen LogP contribution in [0.5, 0.6) is 0 Å². The first kappa shape index (κ1) is 25.0. The van der Waals surface area contributed by atoms with Gasteiger partial charge in [0.1, 0.15) is 0 Å². The van der Waals surface area contributed by atoms with Crippen molar-refractivity contribution in [2.45, 2.75) is 0 Å². The van der Waals surface area contributed by atoms with E-state index in [0.717, 1.165) is 0 Å². The number of hydrogen-bond donors (Lipinski definition) is 2. The summed E-state index contributed by atoms with van der Waals surface area (Å²) in [6, 6.07) is 0. The Hall–Kier alpha value is 0.969. The van der Waals surface area contributed by atoms with E-state index in [2.05, 4.69) is 73.0 Å². The van der Waals surface area contributed by atoms with Gasteiger partial charge in [-0.1, -0.05) is 14.0 Å². The van der Waals surface area contributed by atoms with Crippen LogP contribution < -0.4 is 10.6 Å². The van der Waals surface area contributed by atoms with Crippen LogP contribution >= 0.6 is 24.4 Å². The van der Waals surface area contributed by atoms with Crippen LogP contribution in [0.1, 0.15) is 0 Å². The van der Waals surface area contributed by atoms with E-state index in [-0.39, 0.29) is 34.1 Å². The van der Waals surface area contributed by atoms with Crippen LogP contribution in [-0.4, -0.2) is 21.7 Å². The van der Waals surface area contributed by atoms with Gasteiger partial charge in [-0.15, -0.1) is 0 Å². The number of thiocyanates is 1. The molecule has 93 valence electrons. The second-order valence-electron chi connectivity index (χ2n) is 1.52. The maximum Gasteiger partial charge on any atom is 2.00 e. The van der Waals surface area contributed by atoms with Crippen molar-refractivity contribution in [3.8, 4) is 5.40 Å². The Labute approximate surface area is 138 Å². The van der Waals surface area contributed by atoms with Crippen molar-refractivity contribution in [1.82, 2.24) is 10.6 Å². The molecule has 0 rings (SSSR count). The van der Waals surface area contributed by atoms with Crippen molar-refractivity contribution >= 4 is 71.0 Å². The fraction of sp³-hybridized carbons (Fsp3) is 0.400. The van der Waals surface area contributed by atoms with Gasteiger partial charge in [0.15, 0.2) is 0 Å². The molecule has 3 nitrogen and oxygen atoms in total. The smallest absolute Gasteiger partial charge is 0.696 e. The van der Waals surface area contributed by atoms with Crippen LogP contribution in [0.25, 0.3) is 0 Å². The minimum absolute atomic E-state index is 0. The average Bonchev–Trinajstić information content (AvgIpc) is 1.99. The molecular weight excluding hydrogens is 390 g/mol. The van der Waals surface area contributed by atoms with E-state index in [4.69, 9.17) is 5.26 Å². The minimum atomic E-state index is 0. The zero-order valence-electron chi connectivity index (χ0n) is 7.01. The fourth-order valence-corrected chi connectivity index (χ4v) is 0.737. The molecule has 0 aromatic heterocycles.